The summed E-state index contributed by atoms with van der Waals surface area (Å²) in [5.74, 6) is 1.13. The summed E-state index contributed by atoms with van der Waals surface area (Å²) in [7, 11) is 2.13. The molecular weight excluding hydrogens is 518 g/mol. The number of carbonyl (C=O) groups is 1. The Kier molecular flexibility index (Phi) is 7.81. The molecule has 0 radical (unpaired) electrons. The van der Waals surface area contributed by atoms with Crippen LogP contribution < -0.4 is 9.64 Å². The van der Waals surface area contributed by atoms with Gasteiger partial charge in [-0.1, -0.05) is 30.8 Å². The molecule has 1 amide bonds. The normalized spacial score (nSPS) is 23.0. The fourth-order valence-corrected chi connectivity index (χ4v) is 6.78. The van der Waals surface area contributed by atoms with Crippen molar-refractivity contribution in [1.82, 2.24) is 19.8 Å². The molecule has 216 valence electrons. The van der Waals surface area contributed by atoms with E-state index in [-0.39, 0.29) is 30.2 Å². The lowest BCUT2D eigenvalue weighted by Crippen LogP contribution is -2.56. The lowest BCUT2D eigenvalue weighted by molar-refractivity contribution is -0.126. The van der Waals surface area contributed by atoms with Gasteiger partial charge in [0.2, 0.25) is 5.91 Å². The van der Waals surface area contributed by atoms with Crippen LogP contribution in [0.5, 0.6) is 11.8 Å². The fourth-order valence-electron chi connectivity index (χ4n) is 6.78. The first kappa shape index (κ1) is 27.5. The zero-order valence-electron chi connectivity index (χ0n) is 23.7. The number of nitrogens with zero attached hydrogens (tertiary/aromatic N) is 5. The number of phenols is 1. The smallest absolute Gasteiger partial charge is 0.318 e. The molecule has 3 aliphatic rings. The molecule has 41 heavy (non-hydrogen) atoms. The van der Waals surface area contributed by atoms with Crippen LogP contribution in [0.4, 0.5) is 5.82 Å². The summed E-state index contributed by atoms with van der Waals surface area (Å²) in [6, 6.07) is 12.3. The molecule has 3 atom stereocenters. The van der Waals surface area contributed by atoms with Crippen molar-refractivity contribution in [3.05, 3.63) is 65.9 Å². The Balaban J connectivity index is 1.35. The lowest BCUT2D eigenvalue weighted by Gasteiger charge is -2.42. The Morgan fingerprint density at radius 3 is 2.78 bits per heavy atom. The number of aromatic nitrogens is 2. The van der Waals surface area contributed by atoms with E-state index in [9.17, 15) is 15.0 Å². The maximum Gasteiger partial charge on any atom is 0.318 e. The summed E-state index contributed by atoms with van der Waals surface area (Å²) >= 11 is 0. The van der Waals surface area contributed by atoms with E-state index in [1.807, 2.05) is 30.3 Å². The Morgan fingerprint density at radius 1 is 1.15 bits per heavy atom. The van der Waals surface area contributed by atoms with Crippen molar-refractivity contribution in [1.29, 1.82) is 0 Å². The summed E-state index contributed by atoms with van der Waals surface area (Å²) < 4.78 is 6.26. The molecule has 3 heterocycles. The van der Waals surface area contributed by atoms with E-state index in [0.717, 1.165) is 65.6 Å². The van der Waals surface area contributed by atoms with Gasteiger partial charge in [0.25, 0.3) is 0 Å². The van der Waals surface area contributed by atoms with E-state index >= 15 is 0 Å². The highest BCUT2D eigenvalue weighted by molar-refractivity contribution is 5.88. The number of aliphatic hydroxyl groups is 1. The van der Waals surface area contributed by atoms with Crippen molar-refractivity contribution in [2.24, 2.45) is 0 Å². The molecule has 0 spiro atoms. The van der Waals surface area contributed by atoms with Crippen LogP contribution in [0.1, 0.15) is 42.0 Å². The van der Waals surface area contributed by atoms with Crippen LogP contribution in [0.3, 0.4) is 0 Å². The number of hydrogen-bond donors (Lipinski definition) is 2. The summed E-state index contributed by atoms with van der Waals surface area (Å²) in [6.45, 7) is 6.61. The van der Waals surface area contributed by atoms with Gasteiger partial charge in [0, 0.05) is 31.2 Å². The van der Waals surface area contributed by atoms with Gasteiger partial charge in [0.15, 0.2) is 0 Å². The molecule has 3 aromatic rings. The Bertz CT molecular complexity index is 1450. The predicted molar refractivity (Wildman–Crippen MR) is 159 cm³/mol. The SMILES string of the molecule is C=CC(=O)N1CCN(c2nc(OC[C@@H]3CCCN3C)nc3c2CC[C@H](c2cc(O)cc4ccccc24)C3)[C@@H](CO)C1. The van der Waals surface area contributed by atoms with E-state index in [2.05, 4.69) is 29.5 Å². The Morgan fingerprint density at radius 2 is 2.00 bits per heavy atom. The first-order valence-electron chi connectivity index (χ1n) is 14.7. The van der Waals surface area contributed by atoms with Crippen LogP contribution in [0, 0.1) is 0 Å². The lowest BCUT2D eigenvalue weighted by atomic mass is 9.80. The van der Waals surface area contributed by atoms with Crippen LogP contribution in [-0.4, -0.2) is 94.4 Å². The third kappa shape index (κ3) is 5.48. The molecule has 0 bridgehead atoms. The van der Waals surface area contributed by atoms with Crippen LogP contribution in [-0.2, 0) is 17.6 Å². The standard InChI is InChI=1S/C32H39N5O4/c1-3-30(40)36-13-14-37(24(18-36)19-38)31-27-11-10-22(28-17-25(39)15-21-7-4-5-9-26(21)28)16-29(27)33-32(34-31)41-20-23-8-6-12-35(23)2/h3-5,7,9,15,17,22-24,38-39H,1,6,8,10-14,16,18-20H2,2H3/t22-,23-,24+/m0/s1. The maximum atomic E-state index is 12.3. The van der Waals surface area contributed by atoms with Crippen molar-refractivity contribution in [2.45, 2.75) is 50.1 Å². The summed E-state index contributed by atoms with van der Waals surface area (Å²) in [6.07, 6.45) is 5.95. The number of aliphatic hydroxyl groups excluding tert-OH is 1. The minimum absolute atomic E-state index is 0.0966. The monoisotopic (exact) mass is 557 g/mol. The predicted octanol–water partition coefficient (Wildman–Crippen LogP) is 3.28. The fraction of sp³-hybridized carbons (Fsp3) is 0.469. The Hall–Kier alpha value is -3.69. The average Bonchev–Trinajstić information content (AvgIpc) is 3.42. The largest absolute Gasteiger partial charge is 0.508 e. The Labute approximate surface area is 241 Å². The van der Waals surface area contributed by atoms with Crippen molar-refractivity contribution in [2.75, 3.05) is 51.3 Å². The number of likely N-dealkylation sites (N-methyl/N-ethyl adjacent to an activating group) is 1. The summed E-state index contributed by atoms with van der Waals surface area (Å²) in [5.41, 5.74) is 3.17. The van der Waals surface area contributed by atoms with Gasteiger partial charge in [-0.2, -0.15) is 9.97 Å². The van der Waals surface area contributed by atoms with E-state index in [1.54, 1.807) is 4.90 Å². The molecule has 1 aromatic heterocycles. The second kappa shape index (κ2) is 11.7. The van der Waals surface area contributed by atoms with Gasteiger partial charge in [-0.25, -0.2) is 0 Å². The molecule has 2 fully saturated rings. The van der Waals surface area contributed by atoms with Crippen LogP contribution in [0.25, 0.3) is 10.8 Å². The molecule has 6 rings (SSSR count). The first-order chi connectivity index (χ1) is 19.9. The number of ether oxygens (including phenoxy) is 1. The van der Waals surface area contributed by atoms with Crippen LogP contribution in [0.15, 0.2) is 49.1 Å². The highest BCUT2D eigenvalue weighted by atomic mass is 16.5. The average molecular weight is 558 g/mol. The molecule has 2 N–H and O–H groups in total. The summed E-state index contributed by atoms with van der Waals surface area (Å²) in [4.78, 5) is 28.4. The number of carbonyl (C=O) groups excluding carboxylic acids is 1. The minimum atomic E-state index is -0.284. The number of amides is 1. The number of piperazine rings is 1. The zero-order chi connectivity index (χ0) is 28.5. The highest BCUT2D eigenvalue weighted by Gasteiger charge is 2.34. The number of hydrogen-bond acceptors (Lipinski definition) is 8. The maximum absolute atomic E-state index is 12.3. The number of anilines is 1. The molecule has 1 aliphatic carbocycles. The van der Waals surface area contributed by atoms with Gasteiger partial charge in [0.1, 0.15) is 18.2 Å². The number of rotatable bonds is 7. The van der Waals surface area contributed by atoms with E-state index in [4.69, 9.17) is 14.7 Å². The first-order valence-corrected chi connectivity index (χ1v) is 14.7. The third-order valence-corrected chi connectivity index (χ3v) is 9.08. The second-order valence-electron chi connectivity index (χ2n) is 11.6. The van der Waals surface area contributed by atoms with E-state index < -0.39 is 0 Å². The number of fused-ring (bicyclic) bond motifs is 2. The van der Waals surface area contributed by atoms with Gasteiger partial charge < -0.3 is 29.6 Å². The molecule has 9 heteroatoms. The molecule has 0 unspecified atom stereocenters. The van der Waals surface area contributed by atoms with Crippen molar-refractivity contribution < 1.29 is 19.7 Å². The van der Waals surface area contributed by atoms with E-state index in [0.29, 0.717) is 44.7 Å². The molecule has 2 saturated heterocycles. The van der Waals surface area contributed by atoms with Crippen molar-refractivity contribution >= 4 is 22.5 Å². The quantitative estimate of drug-likeness (QED) is 0.427. The van der Waals surface area contributed by atoms with Gasteiger partial charge in [-0.3, -0.25) is 4.79 Å². The number of aromatic hydroxyl groups is 1. The third-order valence-electron chi connectivity index (χ3n) is 9.08. The molecule has 2 aliphatic heterocycles. The summed E-state index contributed by atoms with van der Waals surface area (Å²) in [5, 5.41) is 23.0. The van der Waals surface area contributed by atoms with Crippen LogP contribution >= 0.6 is 0 Å². The number of phenolic OH excluding ortho intramolecular Hbond substituents is 1. The van der Waals surface area contributed by atoms with Gasteiger partial charge >= 0.3 is 6.01 Å². The van der Waals surface area contributed by atoms with Gasteiger partial charge in [-0.05, 0) is 86.2 Å². The van der Waals surface area contributed by atoms with Gasteiger partial charge in [0.05, 0.1) is 18.3 Å². The molecular formula is C32H39N5O4. The van der Waals surface area contributed by atoms with E-state index in [1.165, 1.54) is 6.08 Å². The molecule has 9 nitrogen and oxygen atoms in total. The van der Waals surface area contributed by atoms with Crippen molar-refractivity contribution in [3.8, 4) is 11.8 Å². The van der Waals surface area contributed by atoms with Gasteiger partial charge in [-0.15, -0.1) is 0 Å². The minimum Gasteiger partial charge on any atom is -0.508 e. The highest BCUT2D eigenvalue weighted by Crippen LogP contribution is 2.40. The number of benzene rings is 2. The molecule has 0 saturated carbocycles. The number of likely N-dealkylation sites (tertiary alicyclic amines) is 1. The van der Waals surface area contributed by atoms with Crippen molar-refractivity contribution in [3.63, 3.8) is 0 Å². The topological polar surface area (TPSA) is 102 Å². The van der Waals surface area contributed by atoms with Crippen LogP contribution in [0.2, 0.25) is 0 Å². The zero-order valence-corrected chi connectivity index (χ0v) is 23.7. The molecule has 2 aromatic carbocycles. The second-order valence-corrected chi connectivity index (χ2v) is 11.6.